The molecule has 2 fully saturated rings. The van der Waals surface area contributed by atoms with Crippen molar-refractivity contribution >= 4 is 33.8 Å². The fourth-order valence-corrected chi connectivity index (χ4v) is 8.76. The van der Waals surface area contributed by atoms with Gasteiger partial charge >= 0.3 is 17.9 Å². The molecule has 7 N–H and O–H groups in total. The summed E-state index contributed by atoms with van der Waals surface area (Å²) in [5.41, 5.74) is 0.775. The quantitative estimate of drug-likeness (QED) is 0.0711. The van der Waals surface area contributed by atoms with Gasteiger partial charge in [-0.05, 0) is 113 Å². The molecule has 4 rings (SSSR count). The number of ether oxygens (including phenoxy) is 8. The number of aliphatic hydroxyl groups is 5. The summed E-state index contributed by atoms with van der Waals surface area (Å²) in [5, 5.41) is 76.9. The van der Waals surface area contributed by atoms with Crippen LogP contribution in [0, 0.1) is 11.8 Å². The molecule has 0 amide bonds. The Hall–Kier alpha value is -3.99. The van der Waals surface area contributed by atoms with Crippen molar-refractivity contribution in [3.63, 3.8) is 0 Å². The van der Waals surface area contributed by atoms with Gasteiger partial charge in [-0.15, -0.1) is 0 Å². The first-order chi connectivity index (χ1) is 33.3. The molecule has 2 saturated heterocycles. The number of aromatic hydroxyl groups is 2. The van der Waals surface area contributed by atoms with E-state index in [1.807, 2.05) is 32.9 Å². The number of carbonyl (C=O) groups is 3. The molecule has 3 aliphatic rings. The molecule has 5 unspecified atom stereocenters. The van der Waals surface area contributed by atoms with E-state index in [1.165, 1.54) is 33.1 Å². The normalized spacial score (nSPS) is 35.1. The first-order valence-electron chi connectivity index (χ1n) is 24.1. The molecule has 1 aromatic rings. The highest BCUT2D eigenvalue weighted by molar-refractivity contribution is 9.10. The summed E-state index contributed by atoms with van der Waals surface area (Å²) in [5.74, 6) is -4.19. The molecule has 398 valence electrons. The highest BCUT2D eigenvalue weighted by Gasteiger charge is 2.53. The van der Waals surface area contributed by atoms with Crippen LogP contribution in [0.15, 0.2) is 69.3 Å². The fourth-order valence-electron chi connectivity index (χ4n) is 8.45. The van der Waals surface area contributed by atoms with Crippen molar-refractivity contribution < 1.29 is 88.0 Å². The van der Waals surface area contributed by atoms with Crippen LogP contribution in [-0.2, 0) is 53.9 Å². The van der Waals surface area contributed by atoms with Gasteiger partial charge < -0.3 is 73.6 Å². The second kappa shape index (κ2) is 26.3. The maximum atomic E-state index is 14.0. The lowest BCUT2D eigenvalue weighted by atomic mass is 9.88. The minimum atomic E-state index is -1.54. The summed E-state index contributed by atoms with van der Waals surface area (Å²) in [6, 6.07) is 1.32. The minimum absolute atomic E-state index is 0.0185. The molecule has 14 atom stereocenters. The number of carbonyl (C=O) groups excluding carboxylic acids is 3. The van der Waals surface area contributed by atoms with Crippen LogP contribution < -0.4 is 0 Å². The monoisotopic (exact) mass is 1070 g/mol. The Morgan fingerprint density at radius 2 is 1.62 bits per heavy atom. The average molecular weight is 1070 g/mol. The zero-order chi connectivity index (χ0) is 53.2. The van der Waals surface area contributed by atoms with Crippen molar-refractivity contribution in [1.82, 2.24) is 0 Å². The fraction of sp³-hybridized carbons (Fsp3) is 0.635. The number of methoxy groups -OCH3 is 1. The summed E-state index contributed by atoms with van der Waals surface area (Å²) >= 11 is 3.07. The first-order valence-corrected chi connectivity index (χ1v) is 24.9. The molecule has 0 aliphatic carbocycles. The second-order valence-corrected chi connectivity index (χ2v) is 20.1. The van der Waals surface area contributed by atoms with Crippen molar-refractivity contribution in [3.8, 4) is 11.5 Å². The van der Waals surface area contributed by atoms with Gasteiger partial charge in [0.1, 0.15) is 52.1 Å². The summed E-state index contributed by atoms with van der Waals surface area (Å²) in [4.78, 5) is 40.3. The number of hydrogen-bond acceptors (Lipinski definition) is 18. The van der Waals surface area contributed by atoms with E-state index in [-0.39, 0.29) is 40.6 Å². The van der Waals surface area contributed by atoms with Gasteiger partial charge in [0.2, 0.25) is 0 Å². The molecular weight excluding hydrogens is 992 g/mol. The van der Waals surface area contributed by atoms with Crippen molar-refractivity contribution in [3.05, 3.63) is 80.4 Å². The maximum Gasteiger partial charge on any atom is 0.342 e. The molecule has 71 heavy (non-hydrogen) atoms. The third-order valence-corrected chi connectivity index (χ3v) is 13.7. The number of esters is 3. The lowest BCUT2D eigenvalue weighted by Gasteiger charge is -2.47. The lowest BCUT2D eigenvalue weighted by Crippen LogP contribution is -2.64. The van der Waals surface area contributed by atoms with Gasteiger partial charge in [0.25, 0.3) is 0 Å². The van der Waals surface area contributed by atoms with E-state index in [0.717, 1.165) is 0 Å². The van der Waals surface area contributed by atoms with Crippen molar-refractivity contribution in [2.45, 2.75) is 187 Å². The average Bonchev–Trinajstić information content (AvgIpc) is 3.30. The minimum Gasteiger partial charge on any atom is -0.507 e. The number of aliphatic hydroxyl groups excluding tert-OH is 5. The van der Waals surface area contributed by atoms with E-state index in [0.29, 0.717) is 28.7 Å². The number of phenolic OH excluding ortho intramolecular Hbond substituents is 2. The Bertz CT molecular complexity index is 2160. The number of rotatable bonds is 13. The molecule has 1 aromatic carbocycles. The first kappa shape index (κ1) is 59.6. The Morgan fingerprint density at radius 1 is 0.944 bits per heavy atom. The molecule has 0 saturated carbocycles. The van der Waals surface area contributed by atoms with Crippen LogP contribution in [0.5, 0.6) is 11.5 Å². The van der Waals surface area contributed by atoms with Crippen LogP contribution in [0.25, 0.3) is 0 Å². The summed E-state index contributed by atoms with van der Waals surface area (Å²) < 4.78 is 47.8. The number of halogens is 1. The molecule has 3 aliphatic heterocycles. The van der Waals surface area contributed by atoms with Crippen LogP contribution in [0.1, 0.15) is 111 Å². The van der Waals surface area contributed by atoms with E-state index in [4.69, 9.17) is 37.9 Å². The number of phenols is 2. The van der Waals surface area contributed by atoms with Gasteiger partial charge in [-0.2, -0.15) is 0 Å². The van der Waals surface area contributed by atoms with E-state index in [9.17, 15) is 50.1 Å². The summed E-state index contributed by atoms with van der Waals surface area (Å²) in [6.45, 7) is 18.2. The Balaban J connectivity index is 1.63. The van der Waals surface area contributed by atoms with E-state index >= 15 is 0 Å². The van der Waals surface area contributed by atoms with Crippen molar-refractivity contribution in [2.24, 2.45) is 11.8 Å². The van der Waals surface area contributed by atoms with Crippen molar-refractivity contribution in [2.75, 3.05) is 13.7 Å². The Labute approximate surface area is 425 Å². The number of hydrogen-bond donors (Lipinski definition) is 7. The Kier molecular flexibility index (Phi) is 22.1. The molecule has 0 aromatic heterocycles. The smallest absolute Gasteiger partial charge is 0.342 e. The van der Waals surface area contributed by atoms with Gasteiger partial charge in [0.15, 0.2) is 24.8 Å². The largest absolute Gasteiger partial charge is 0.507 e. The predicted molar refractivity (Wildman–Crippen MR) is 263 cm³/mol. The molecule has 19 heteroatoms. The van der Waals surface area contributed by atoms with Crippen LogP contribution in [0.4, 0.5) is 0 Å². The van der Waals surface area contributed by atoms with Crippen LogP contribution in [0.2, 0.25) is 0 Å². The number of benzene rings is 1. The van der Waals surface area contributed by atoms with Gasteiger partial charge in [0.05, 0.1) is 48.1 Å². The summed E-state index contributed by atoms with van der Waals surface area (Å²) in [7, 11) is 1.29. The molecule has 0 spiro atoms. The third-order valence-electron chi connectivity index (χ3n) is 12.9. The molecule has 0 bridgehead atoms. The SMILES string of the molecule is CCc1cc(O)c(Br)c(O)c1C(=O)O[C@H]1[C@H](O)[C@H](OC)[C@H](OC/C2=C\C=C\CC(O)/C(C)=C/C(CC)C(O[C@@H]3OC(C)(C)[C@@H](O)[C@H](O)[C@@H]3OC(=O)C(C)C)/C(C)=C/C(C)=C/CC(C(C)O)OC2=O)O[C@@H]1C. The van der Waals surface area contributed by atoms with Crippen molar-refractivity contribution in [1.29, 1.82) is 0 Å². The van der Waals surface area contributed by atoms with Crippen LogP contribution >= 0.6 is 15.9 Å². The maximum absolute atomic E-state index is 14.0. The van der Waals surface area contributed by atoms with Crippen LogP contribution in [0.3, 0.4) is 0 Å². The van der Waals surface area contributed by atoms with Gasteiger partial charge in [0, 0.05) is 19.4 Å². The van der Waals surface area contributed by atoms with Crippen LogP contribution in [-0.4, -0.2) is 153 Å². The molecule has 18 nitrogen and oxygen atoms in total. The van der Waals surface area contributed by atoms with Gasteiger partial charge in [-0.1, -0.05) is 63.6 Å². The molecular formula is C52H75BrO18. The number of allylic oxidation sites excluding steroid dienone is 4. The highest BCUT2D eigenvalue weighted by Crippen LogP contribution is 2.40. The predicted octanol–water partition coefficient (Wildman–Crippen LogP) is 5.69. The Morgan fingerprint density at radius 3 is 2.23 bits per heavy atom. The zero-order valence-electron chi connectivity index (χ0n) is 42.7. The summed E-state index contributed by atoms with van der Waals surface area (Å²) in [6.07, 6.45) is -4.84. The third kappa shape index (κ3) is 15.1. The molecule has 3 heterocycles. The standard InChI is InChI=1S/C52H75BrO18/c1-13-31-23-35(56)38(53)39(57)37(31)49(63)68-43-30(9)66-50(44(64-12)40(43)58)65-24-33-17-15-16-18-34(55)27(6)22-32(14-2)42(28(7)21-26(5)19-20-36(29(8)54)67-48(33)62)70-51-45(69-47(61)25(3)4)41(59)46(60)52(10,11)71-51/h15-17,19,21-23,25,29-30,32,34,36,40-46,50-51,54-60H,13-14,18,20,24H2,1-12H3/b16-15+,26-19+,27-22+,28-21+,33-17+/t29?,30-,32?,34?,36?,40+,41-,42?,43-,44+,45+,46+,50-,51-/m1/s1. The van der Waals surface area contributed by atoms with E-state index in [2.05, 4.69) is 15.9 Å². The van der Waals surface area contributed by atoms with Gasteiger partial charge in [-0.3, -0.25) is 4.79 Å². The lowest BCUT2D eigenvalue weighted by molar-refractivity contribution is -0.333. The zero-order valence-corrected chi connectivity index (χ0v) is 44.3. The van der Waals surface area contributed by atoms with Gasteiger partial charge in [-0.25, -0.2) is 9.59 Å². The molecule has 0 radical (unpaired) electrons. The highest BCUT2D eigenvalue weighted by atomic mass is 79.9. The second-order valence-electron chi connectivity index (χ2n) is 19.3. The number of cyclic esters (lactones) is 1. The van der Waals surface area contributed by atoms with E-state index < -0.39 is 127 Å². The topological polar surface area (TPSA) is 267 Å². The number of aryl methyl sites for hydroxylation is 1. The van der Waals surface area contributed by atoms with E-state index in [1.54, 1.807) is 59.8 Å².